The van der Waals surface area contributed by atoms with Crippen LogP contribution in [0.5, 0.6) is 0 Å². The lowest BCUT2D eigenvalue weighted by Crippen LogP contribution is -2.11. The number of nitrogens with zero attached hydrogens (tertiary/aromatic N) is 1. The molecule has 1 aliphatic rings. The molecule has 4 heteroatoms. The van der Waals surface area contributed by atoms with Crippen LogP contribution in [0.15, 0.2) is 60.0 Å². The SMILES string of the molecule is O=C(CC1CC1)Nc1cccc(-c2csc(-c3ccccc3)n2)c1. The van der Waals surface area contributed by atoms with E-state index in [9.17, 15) is 4.79 Å². The number of rotatable bonds is 5. The molecule has 1 aromatic heterocycles. The van der Waals surface area contributed by atoms with E-state index >= 15 is 0 Å². The highest BCUT2D eigenvalue weighted by molar-refractivity contribution is 7.13. The predicted molar refractivity (Wildman–Crippen MR) is 99.0 cm³/mol. The summed E-state index contributed by atoms with van der Waals surface area (Å²) in [6.45, 7) is 0. The highest BCUT2D eigenvalue weighted by Gasteiger charge is 2.24. The van der Waals surface area contributed by atoms with Crippen LogP contribution in [0.3, 0.4) is 0 Å². The van der Waals surface area contributed by atoms with Crippen molar-refractivity contribution in [2.24, 2.45) is 5.92 Å². The number of carbonyl (C=O) groups is 1. The van der Waals surface area contributed by atoms with Gasteiger partial charge in [0.05, 0.1) is 5.69 Å². The van der Waals surface area contributed by atoms with Crippen molar-refractivity contribution in [2.75, 3.05) is 5.32 Å². The Morgan fingerprint density at radius 2 is 1.88 bits per heavy atom. The summed E-state index contributed by atoms with van der Waals surface area (Å²) in [5, 5.41) is 6.07. The van der Waals surface area contributed by atoms with Gasteiger partial charge in [-0.25, -0.2) is 4.98 Å². The fourth-order valence-corrected chi connectivity index (χ4v) is 3.51. The van der Waals surface area contributed by atoms with Crippen LogP contribution in [0.2, 0.25) is 0 Å². The Balaban J connectivity index is 1.53. The van der Waals surface area contributed by atoms with E-state index in [-0.39, 0.29) is 5.91 Å². The first-order chi connectivity index (χ1) is 11.8. The molecule has 1 N–H and O–H groups in total. The number of hydrogen-bond donors (Lipinski definition) is 1. The standard InChI is InChI=1S/C20H18N2OS/c23-19(11-14-9-10-14)21-17-8-4-7-16(12-17)18-13-24-20(22-18)15-5-2-1-3-6-15/h1-8,12-14H,9-11H2,(H,21,23). The number of anilines is 1. The third-order valence-electron chi connectivity index (χ3n) is 4.14. The van der Waals surface area contributed by atoms with Gasteiger partial charge in [0.2, 0.25) is 5.91 Å². The Kier molecular flexibility index (Phi) is 4.13. The van der Waals surface area contributed by atoms with Gasteiger partial charge in [-0.3, -0.25) is 4.79 Å². The molecular weight excluding hydrogens is 316 g/mol. The first-order valence-corrected chi connectivity index (χ1v) is 9.07. The van der Waals surface area contributed by atoms with Crippen molar-refractivity contribution in [2.45, 2.75) is 19.3 Å². The van der Waals surface area contributed by atoms with E-state index in [0.29, 0.717) is 12.3 Å². The molecule has 120 valence electrons. The van der Waals surface area contributed by atoms with Gasteiger partial charge < -0.3 is 5.32 Å². The van der Waals surface area contributed by atoms with Gasteiger partial charge in [-0.1, -0.05) is 42.5 Å². The van der Waals surface area contributed by atoms with Crippen LogP contribution in [-0.4, -0.2) is 10.9 Å². The maximum Gasteiger partial charge on any atom is 0.224 e. The Bertz CT molecular complexity index is 853. The fraction of sp³-hybridized carbons (Fsp3) is 0.200. The number of amides is 1. The largest absolute Gasteiger partial charge is 0.326 e. The molecule has 24 heavy (non-hydrogen) atoms. The highest BCUT2D eigenvalue weighted by atomic mass is 32.1. The van der Waals surface area contributed by atoms with E-state index in [1.807, 2.05) is 42.5 Å². The molecule has 1 saturated carbocycles. The summed E-state index contributed by atoms with van der Waals surface area (Å²) in [6.07, 6.45) is 3.02. The minimum Gasteiger partial charge on any atom is -0.326 e. The average Bonchev–Trinajstić information content (AvgIpc) is 3.27. The van der Waals surface area contributed by atoms with Gasteiger partial charge in [-0.2, -0.15) is 0 Å². The van der Waals surface area contributed by atoms with E-state index in [1.54, 1.807) is 11.3 Å². The van der Waals surface area contributed by atoms with E-state index in [0.717, 1.165) is 27.5 Å². The van der Waals surface area contributed by atoms with Crippen LogP contribution < -0.4 is 5.32 Å². The van der Waals surface area contributed by atoms with Gasteiger partial charge in [0.25, 0.3) is 0 Å². The number of hydrogen-bond acceptors (Lipinski definition) is 3. The third-order valence-corrected chi connectivity index (χ3v) is 5.03. The first kappa shape index (κ1) is 15.1. The van der Waals surface area contributed by atoms with Crippen LogP contribution in [0, 0.1) is 5.92 Å². The summed E-state index contributed by atoms with van der Waals surface area (Å²) in [5.74, 6) is 0.707. The molecule has 1 heterocycles. The normalized spacial score (nSPS) is 13.7. The molecule has 0 atom stereocenters. The van der Waals surface area contributed by atoms with Crippen LogP contribution in [0.25, 0.3) is 21.8 Å². The quantitative estimate of drug-likeness (QED) is 0.695. The van der Waals surface area contributed by atoms with E-state index in [4.69, 9.17) is 4.98 Å². The van der Waals surface area contributed by atoms with Crippen molar-refractivity contribution in [1.29, 1.82) is 0 Å². The minimum absolute atomic E-state index is 0.109. The summed E-state index contributed by atoms with van der Waals surface area (Å²) in [4.78, 5) is 16.7. The highest BCUT2D eigenvalue weighted by Crippen LogP contribution is 2.33. The number of benzene rings is 2. The van der Waals surface area contributed by atoms with E-state index in [2.05, 4.69) is 22.8 Å². The molecule has 0 aliphatic heterocycles. The van der Waals surface area contributed by atoms with E-state index in [1.165, 1.54) is 12.8 Å². The zero-order valence-electron chi connectivity index (χ0n) is 13.2. The molecule has 0 spiro atoms. The Labute approximate surface area is 145 Å². The third kappa shape index (κ3) is 3.54. The van der Waals surface area contributed by atoms with Gasteiger partial charge >= 0.3 is 0 Å². The van der Waals surface area contributed by atoms with Gasteiger partial charge in [0, 0.05) is 28.6 Å². The zero-order valence-corrected chi connectivity index (χ0v) is 14.1. The fourth-order valence-electron chi connectivity index (χ4n) is 2.67. The molecule has 0 bridgehead atoms. The summed E-state index contributed by atoms with van der Waals surface area (Å²) >= 11 is 1.64. The molecule has 0 radical (unpaired) electrons. The minimum atomic E-state index is 0.109. The van der Waals surface area contributed by atoms with Gasteiger partial charge in [-0.05, 0) is 30.9 Å². The summed E-state index contributed by atoms with van der Waals surface area (Å²) in [7, 11) is 0. The van der Waals surface area contributed by atoms with Crippen molar-refractivity contribution in [3.8, 4) is 21.8 Å². The molecule has 1 aliphatic carbocycles. The van der Waals surface area contributed by atoms with Crippen LogP contribution in [0.1, 0.15) is 19.3 Å². The van der Waals surface area contributed by atoms with Gasteiger partial charge in [0.15, 0.2) is 0 Å². The molecule has 1 amide bonds. The maximum absolute atomic E-state index is 12.0. The molecule has 2 aromatic carbocycles. The number of aromatic nitrogens is 1. The lowest BCUT2D eigenvalue weighted by atomic mass is 10.1. The van der Waals surface area contributed by atoms with Gasteiger partial charge in [0.1, 0.15) is 5.01 Å². The Morgan fingerprint density at radius 1 is 1.08 bits per heavy atom. The maximum atomic E-state index is 12.0. The molecule has 4 rings (SSSR count). The van der Waals surface area contributed by atoms with Crippen molar-refractivity contribution < 1.29 is 4.79 Å². The monoisotopic (exact) mass is 334 g/mol. The molecule has 0 saturated heterocycles. The number of carbonyl (C=O) groups excluding carboxylic acids is 1. The van der Waals surface area contributed by atoms with Crippen molar-refractivity contribution >= 4 is 22.9 Å². The second kappa shape index (κ2) is 6.57. The first-order valence-electron chi connectivity index (χ1n) is 8.19. The second-order valence-corrected chi connectivity index (χ2v) is 7.04. The second-order valence-electron chi connectivity index (χ2n) is 6.18. The van der Waals surface area contributed by atoms with Crippen molar-refractivity contribution in [1.82, 2.24) is 4.98 Å². The summed E-state index contributed by atoms with van der Waals surface area (Å²) in [5.41, 5.74) is 3.94. The molecule has 0 unspecified atom stereocenters. The lowest BCUT2D eigenvalue weighted by Gasteiger charge is -2.06. The summed E-state index contributed by atoms with van der Waals surface area (Å²) < 4.78 is 0. The molecular formula is C20H18N2OS. The molecule has 3 nitrogen and oxygen atoms in total. The Hall–Kier alpha value is -2.46. The molecule has 3 aromatic rings. The number of thiazole rings is 1. The van der Waals surface area contributed by atoms with Gasteiger partial charge in [-0.15, -0.1) is 11.3 Å². The van der Waals surface area contributed by atoms with E-state index < -0.39 is 0 Å². The lowest BCUT2D eigenvalue weighted by molar-refractivity contribution is -0.116. The van der Waals surface area contributed by atoms with Crippen LogP contribution in [-0.2, 0) is 4.79 Å². The zero-order chi connectivity index (χ0) is 16.4. The van der Waals surface area contributed by atoms with Crippen LogP contribution in [0.4, 0.5) is 5.69 Å². The van der Waals surface area contributed by atoms with Crippen molar-refractivity contribution in [3.05, 3.63) is 60.0 Å². The number of nitrogens with one attached hydrogen (secondary N) is 1. The molecule has 1 fully saturated rings. The average molecular weight is 334 g/mol. The Morgan fingerprint density at radius 3 is 2.67 bits per heavy atom. The summed E-state index contributed by atoms with van der Waals surface area (Å²) in [6, 6.07) is 18.1. The van der Waals surface area contributed by atoms with Crippen LogP contribution >= 0.6 is 11.3 Å². The van der Waals surface area contributed by atoms with Crippen molar-refractivity contribution in [3.63, 3.8) is 0 Å². The topological polar surface area (TPSA) is 42.0 Å². The predicted octanol–water partition coefficient (Wildman–Crippen LogP) is 5.22. The smallest absolute Gasteiger partial charge is 0.224 e.